The number of nitrogens with zero attached hydrogens (tertiary/aromatic N) is 5. The summed E-state index contributed by atoms with van der Waals surface area (Å²) >= 11 is 0. The van der Waals surface area contributed by atoms with E-state index in [0.29, 0.717) is 34.0 Å². The molecule has 9 heteroatoms. The van der Waals surface area contributed by atoms with E-state index < -0.39 is 10.8 Å². The van der Waals surface area contributed by atoms with Gasteiger partial charge < -0.3 is 5.32 Å². The monoisotopic (exact) mass is 364 g/mol. The van der Waals surface area contributed by atoms with E-state index >= 15 is 0 Å². The Balaban J connectivity index is 1.65. The van der Waals surface area contributed by atoms with Crippen LogP contribution >= 0.6 is 0 Å². The number of non-ortho nitro benzene ring substituents is 1. The summed E-state index contributed by atoms with van der Waals surface area (Å²) in [6.07, 6.45) is 7.82. The van der Waals surface area contributed by atoms with Gasteiger partial charge in [-0.15, -0.1) is 0 Å². The molecule has 2 aliphatic rings. The molecule has 9 nitrogen and oxygen atoms in total. The minimum atomic E-state index is -0.716. The number of rotatable bonds is 3. The number of hydrogen-bond acceptors (Lipinski definition) is 6. The SMILES string of the molecule is O=C1Nc2ccc([N+](=O)[O-])cc2C1c1ncnc2nn(C3CCCC3)cc12. The van der Waals surface area contributed by atoms with Crippen molar-refractivity contribution in [1.82, 2.24) is 19.7 Å². The van der Waals surface area contributed by atoms with Gasteiger partial charge in [-0.2, -0.15) is 5.10 Å². The highest BCUT2D eigenvalue weighted by Gasteiger charge is 2.36. The molecule has 0 bridgehead atoms. The molecule has 2 aromatic heterocycles. The van der Waals surface area contributed by atoms with Crippen molar-refractivity contribution >= 4 is 28.3 Å². The number of amides is 1. The number of nitrogens with one attached hydrogen (secondary N) is 1. The van der Waals surface area contributed by atoms with Gasteiger partial charge in [0.2, 0.25) is 5.91 Å². The lowest BCUT2D eigenvalue weighted by molar-refractivity contribution is -0.384. The van der Waals surface area contributed by atoms with Gasteiger partial charge in [-0.1, -0.05) is 12.8 Å². The summed E-state index contributed by atoms with van der Waals surface area (Å²) in [6.45, 7) is 0. The minimum Gasteiger partial charge on any atom is -0.325 e. The molecule has 1 N–H and O–H groups in total. The summed E-state index contributed by atoms with van der Waals surface area (Å²) < 4.78 is 1.93. The highest BCUT2D eigenvalue weighted by atomic mass is 16.6. The third-order valence-electron chi connectivity index (χ3n) is 5.41. The predicted molar refractivity (Wildman–Crippen MR) is 96.4 cm³/mol. The fraction of sp³-hybridized carbons (Fsp3) is 0.333. The molecule has 0 saturated heterocycles. The van der Waals surface area contributed by atoms with Crippen LogP contribution in [0.15, 0.2) is 30.7 Å². The molecule has 1 aliphatic carbocycles. The predicted octanol–water partition coefficient (Wildman–Crippen LogP) is 2.93. The number of carbonyl (C=O) groups is 1. The first kappa shape index (κ1) is 15.9. The fourth-order valence-corrected chi connectivity index (χ4v) is 4.09. The van der Waals surface area contributed by atoms with Crippen molar-refractivity contribution in [2.75, 3.05) is 5.32 Å². The number of fused-ring (bicyclic) bond motifs is 2. The zero-order chi connectivity index (χ0) is 18.5. The van der Waals surface area contributed by atoms with Crippen LogP contribution in [0.2, 0.25) is 0 Å². The van der Waals surface area contributed by atoms with Gasteiger partial charge in [-0.05, 0) is 18.9 Å². The summed E-state index contributed by atoms with van der Waals surface area (Å²) in [5, 5.41) is 19.2. The molecule has 1 aliphatic heterocycles. The summed E-state index contributed by atoms with van der Waals surface area (Å²) in [4.78, 5) is 31.9. The van der Waals surface area contributed by atoms with Crippen LogP contribution in [-0.4, -0.2) is 30.6 Å². The van der Waals surface area contributed by atoms with Crippen molar-refractivity contribution in [3.8, 4) is 0 Å². The zero-order valence-corrected chi connectivity index (χ0v) is 14.3. The molecule has 1 amide bonds. The lowest BCUT2D eigenvalue weighted by Gasteiger charge is -2.09. The maximum absolute atomic E-state index is 12.7. The largest absolute Gasteiger partial charge is 0.325 e. The van der Waals surface area contributed by atoms with Crippen molar-refractivity contribution in [2.24, 2.45) is 0 Å². The van der Waals surface area contributed by atoms with E-state index in [1.54, 1.807) is 6.07 Å². The van der Waals surface area contributed by atoms with Crippen LogP contribution < -0.4 is 5.32 Å². The highest BCUT2D eigenvalue weighted by Crippen LogP contribution is 2.40. The number of hydrogen-bond donors (Lipinski definition) is 1. The van der Waals surface area contributed by atoms with Gasteiger partial charge in [-0.3, -0.25) is 19.6 Å². The number of benzene rings is 1. The molecule has 1 atom stereocenters. The van der Waals surface area contributed by atoms with Crippen LogP contribution in [0.4, 0.5) is 11.4 Å². The Kier molecular flexibility index (Phi) is 3.43. The summed E-state index contributed by atoms with van der Waals surface area (Å²) in [5.74, 6) is -0.967. The first-order chi connectivity index (χ1) is 13.1. The summed E-state index contributed by atoms with van der Waals surface area (Å²) in [7, 11) is 0. The number of nitro benzene ring substituents is 1. The molecule has 5 rings (SSSR count). The van der Waals surface area contributed by atoms with Crippen LogP contribution in [0.5, 0.6) is 0 Å². The summed E-state index contributed by atoms with van der Waals surface area (Å²) in [6, 6.07) is 4.73. The Morgan fingerprint density at radius 1 is 1.22 bits per heavy atom. The van der Waals surface area contributed by atoms with E-state index in [-0.39, 0.29) is 11.6 Å². The molecule has 1 unspecified atom stereocenters. The molecular weight excluding hydrogens is 348 g/mol. The first-order valence-corrected chi connectivity index (χ1v) is 8.91. The average molecular weight is 364 g/mol. The van der Waals surface area contributed by atoms with E-state index in [0.717, 1.165) is 12.8 Å². The Labute approximate surface area is 153 Å². The smallest absolute Gasteiger partial charge is 0.269 e. The van der Waals surface area contributed by atoms with Crippen molar-refractivity contribution in [1.29, 1.82) is 0 Å². The Morgan fingerprint density at radius 3 is 2.81 bits per heavy atom. The van der Waals surface area contributed by atoms with Gasteiger partial charge in [0.25, 0.3) is 5.69 Å². The normalized spacial score (nSPS) is 19.4. The molecule has 0 radical (unpaired) electrons. The third-order valence-corrected chi connectivity index (χ3v) is 5.41. The Bertz CT molecular complexity index is 1090. The molecule has 27 heavy (non-hydrogen) atoms. The van der Waals surface area contributed by atoms with Crippen LogP contribution in [0, 0.1) is 10.1 Å². The van der Waals surface area contributed by atoms with Gasteiger partial charge in [0, 0.05) is 29.6 Å². The molecule has 1 aromatic carbocycles. The molecule has 3 heterocycles. The molecular formula is C18H16N6O3. The maximum Gasteiger partial charge on any atom is 0.269 e. The lowest BCUT2D eigenvalue weighted by atomic mass is 9.95. The maximum atomic E-state index is 12.7. The second-order valence-electron chi connectivity index (χ2n) is 6.99. The third kappa shape index (κ3) is 2.46. The van der Waals surface area contributed by atoms with E-state index in [4.69, 9.17) is 0 Å². The van der Waals surface area contributed by atoms with Crippen LogP contribution in [0.3, 0.4) is 0 Å². The zero-order valence-electron chi connectivity index (χ0n) is 14.3. The fourth-order valence-electron chi connectivity index (χ4n) is 4.09. The van der Waals surface area contributed by atoms with Gasteiger partial charge in [0.05, 0.1) is 22.0 Å². The van der Waals surface area contributed by atoms with Crippen LogP contribution in [-0.2, 0) is 4.79 Å². The average Bonchev–Trinajstić information content (AvgIpc) is 3.38. The minimum absolute atomic E-state index is 0.0535. The Morgan fingerprint density at radius 2 is 2.04 bits per heavy atom. The summed E-state index contributed by atoms with van der Waals surface area (Å²) in [5.41, 5.74) is 2.15. The van der Waals surface area contributed by atoms with Crippen LogP contribution in [0.1, 0.15) is 48.9 Å². The van der Waals surface area contributed by atoms with Crippen molar-refractivity contribution < 1.29 is 9.72 Å². The van der Waals surface area contributed by atoms with E-state index in [9.17, 15) is 14.9 Å². The first-order valence-electron chi connectivity index (χ1n) is 8.91. The van der Waals surface area contributed by atoms with Gasteiger partial charge in [0.15, 0.2) is 5.65 Å². The van der Waals surface area contributed by atoms with Crippen molar-refractivity contribution in [3.05, 3.63) is 52.1 Å². The van der Waals surface area contributed by atoms with Gasteiger partial charge in [0.1, 0.15) is 12.2 Å². The number of anilines is 1. The van der Waals surface area contributed by atoms with Gasteiger partial charge in [-0.25, -0.2) is 9.97 Å². The van der Waals surface area contributed by atoms with Crippen molar-refractivity contribution in [3.63, 3.8) is 0 Å². The topological polar surface area (TPSA) is 116 Å². The standard InChI is InChI=1S/C18H16N6O3/c25-18-15(12-7-11(24(26)27)5-6-14(12)21-18)16-13-8-23(10-3-1-2-4-10)22-17(13)20-9-19-16/h5-10,15H,1-4H2,(H,21,25). The van der Waals surface area contributed by atoms with Crippen LogP contribution in [0.25, 0.3) is 11.0 Å². The second kappa shape index (κ2) is 5.83. The number of carbonyl (C=O) groups excluding carboxylic acids is 1. The highest BCUT2D eigenvalue weighted by molar-refractivity contribution is 6.06. The van der Waals surface area contributed by atoms with E-state index in [2.05, 4.69) is 20.4 Å². The van der Waals surface area contributed by atoms with Gasteiger partial charge >= 0.3 is 0 Å². The van der Waals surface area contributed by atoms with E-state index in [1.807, 2.05) is 10.9 Å². The molecule has 1 fully saturated rings. The Hall–Kier alpha value is -3.36. The number of aromatic nitrogens is 4. The lowest BCUT2D eigenvalue weighted by Crippen LogP contribution is -2.15. The molecule has 136 valence electrons. The van der Waals surface area contributed by atoms with E-state index in [1.165, 1.54) is 31.3 Å². The quantitative estimate of drug-likeness (QED) is 0.564. The molecule has 0 spiro atoms. The number of nitro groups is 1. The molecule has 3 aromatic rings. The second-order valence-corrected chi connectivity index (χ2v) is 6.99. The van der Waals surface area contributed by atoms with Crippen molar-refractivity contribution in [2.45, 2.75) is 37.6 Å². The molecule has 1 saturated carbocycles.